The number of fused-ring (bicyclic) bond motifs is 1. The largest absolute Gasteiger partial charge is 0.497 e. The molecule has 0 unspecified atom stereocenters. The maximum Gasteiger partial charge on any atom is 0.179 e. The lowest BCUT2D eigenvalue weighted by atomic mass is 10.2. The standard InChI is InChI=1S/C18H19ClN2O3S/c1-22-14-5-2-4-13(10-14)21-18(25)20-11-12-8-15(19)17-16(9-12)23-6-3-7-24-17/h2,4-5,8-10H,3,6-7,11H2,1H3,(H2,20,21,25). The Balaban J connectivity index is 1.62. The van der Waals surface area contributed by atoms with Gasteiger partial charge in [0.1, 0.15) is 5.75 Å². The van der Waals surface area contributed by atoms with Crippen LogP contribution >= 0.6 is 23.8 Å². The molecule has 1 heterocycles. The fourth-order valence-electron chi connectivity index (χ4n) is 2.44. The molecular weight excluding hydrogens is 360 g/mol. The normalized spacial score (nSPS) is 12.9. The monoisotopic (exact) mass is 378 g/mol. The van der Waals surface area contributed by atoms with Gasteiger partial charge >= 0.3 is 0 Å². The second-order valence-corrected chi connectivity index (χ2v) is 6.31. The van der Waals surface area contributed by atoms with E-state index in [1.54, 1.807) is 7.11 Å². The van der Waals surface area contributed by atoms with Crippen LogP contribution in [-0.2, 0) is 6.54 Å². The van der Waals surface area contributed by atoms with Gasteiger partial charge < -0.3 is 24.8 Å². The lowest BCUT2D eigenvalue weighted by Gasteiger charge is -2.14. The molecule has 0 fully saturated rings. The third-order valence-electron chi connectivity index (χ3n) is 3.64. The fraction of sp³-hybridized carbons (Fsp3) is 0.278. The van der Waals surface area contributed by atoms with Crippen LogP contribution in [0.3, 0.4) is 0 Å². The highest BCUT2D eigenvalue weighted by Crippen LogP contribution is 2.37. The molecule has 0 saturated heterocycles. The van der Waals surface area contributed by atoms with Crippen molar-refractivity contribution < 1.29 is 14.2 Å². The number of benzene rings is 2. The van der Waals surface area contributed by atoms with Gasteiger partial charge in [-0.25, -0.2) is 0 Å². The molecule has 0 radical (unpaired) electrons. The zero-order valence-corrected chi connectivity index (χ0v) is 15.4. The molecule has 3 rings (SSSR count). The number of anilines is 1. The molecule has 0 bridgehead atoms. The minimum atomic E-state index is 0.511. The molecule has 2 N–H and O–H groups in total. The van der Waals surface area contributed by atoms with E-state index in [9.17, 15) is 0 Å². The van der Waals surface area contributed by atoms with Crippen LogP contribution in [0.2, 0.25) is 5.02 Å². The van der Waals surface area contributed by atoms with E-state index in [0.717, 1.165) is 23.4 Å². The summed E-state index contributed by atoms with van der Waals surface area (Å²) in [6.07, 6.45) is 0.840. The average Bonchev–Trinajstić information content (AvgIpc) is 2.86. The smallest absolute Gasteiger partial charge is 0.179 e. The number of rotatable bonds is 4. The molecule has 1 aliphatic heterocycles. The summed E-state index contributed by atoms with van der Waals surface area (Å²) >= 11 is 11.6. The highest BCUT2D eigenvalue weighted by molar-refractivity contribution is 7.80. The van der Waals surface area contributed by atoms with Gasteiger partial charge in [0.25, 0.3) is 0 Å². The van der Waals surface area contributed by atoms with Crippen LogP contribution in [0.4, 0.5) is 5.69 Å². The first-order valence-corrected chi connectivity index (χ1v) is 8.71. The predicted octanol–water partition coefficient (Wildman–Crippen LogP) is 4.00. The van der Waals surface area contributed by atoms with Crippen LogP contribution in [0.1, 0.15) is 12.0 Å². The van der Waals surface area contributed by atoms with Gasteiger partial charge in [-0.1, -0.05) is 17.7 Å². The van der Waals surface area contributed by atoms with Crippen molar-refractivity contribution >= 4 is 34.6 Å². The van der Waals surface area contributed by atoms with E-state index < -0.39 is 0 Å². The maximum atomic E-state index is 6.30. The number of methoxy groups -OCH3 is 1. The number of nitrogens with one attached hydrogen (secondary N) is 2. The topological polar surface area (TPSA) is 51.8 Å². The third kappa shape index (κ3) is 4.67. The molecule has 7 heteroatoms. The summed E-state index contributed by atoms with van der Waals surface area (Å²) in [5.41, 5.74) is 1.82. The molecule has 2 aromatic carbocycles. The summed E-state index contributed by atoms with van der Waals surface area (Å²) in [5, 5.41) is 7.34. The second-order valence-electron chi connectivity index (χ2n) is 5.50. The zero-order valence-electron chi connectivity index (χ0n) is 13.8. The van der Waals surface area contributed by atoms with E-state index in [1.807, 2.05) is 36.4 Å². The fourth-order valence-corrected chi connectivity index (χ4v) is 2.92. The van der Waals surface area contributed by atoms with E-state index in [4.69, 9.17) is 38.0 Å². The molecule has 0 atom stereocenters. The van der Waals surface area contributed by atoms with Gasteiger partial charge in [-0.2, -0.15) is 0 Å². The molecule has 5 nitrogen and oxygen atoms in total. The van der Waals surface area contributed by atoms with Crippen molar-refractivity contribution in [3.63, 3.8) is 0 Å². The number of halogens is 1. The van der Waals surface area contributed by atoms with E-state index >= 15 is 0 Å². The Morgan fingerprint density at radius 2 is 2.08 bits per heavy atom. The molecule has 0 amide bonds. The highest BCUT2D eigenvalue weighted by Gasteiger charge is 2.15. The lowest BCUT2D eigenvalue weighted by Crippen LogP contribution is -2.27. The maximum absolute atomic E-state index is 6.30. The van der Waals surface area contributed by atoms with Gasteiger partial charge in [0.2, 0.25) is 0 Å². The molecule has 0 saturated carbocycles. The summed E-state index contributed by atoms with van der Waals surface area (Å²) in [7, 11) is 1.63. The Kier molecular flexibility index (Phi) is 5.83. The van der Waals surface area contributed by atoms with Crippen LogP contribution in [0.5, 0.6) is 17.2 Å². The molecule has 25 heavy (non-hydrogen) atoms. The van der Waals surface area contributed by atoms with Gasteiger partial charge in [0.05, 0.1) is 25.3 Å². The van der Waals surface area contributed by atoms with E-state index in [0.29, 0.717) is 41.4 Å². The van der Waals surface area contributed by atoms with Crippen molar-refractivity contribution in [2.45, 2.75) is 13.0 Å². The van der Waals surface area contributed by atoms with Gasteiger partial charge in [-0.05, 0) is 42.0 Å². The highest BCUT2D eigenvalue weighted by atomic mass is 35.5. The van der Waals surface area contributed by atoms with E-state index in [1.165, 1.54) is 0 Å². The zero-order chi connectivity index (χ0) is 17.6. The summed E-state index contributed by atoms with van der Waals surface area (Å²) in [4.78, 5) is 0. The minimum absolute atomic E-state index is 0.511. The Hall–Kier alpha value is -2.18. The SMILES string of the molecule is COc1cccc(NC(=S)NCc2cc(Cl)c3c(c2)OCCCO3)c1. The third-order valence-corrected chi connectivity index (χ3v) is 4.17. The number of thiocarbonyl (C=S) groups is 1. The van der Waals surface area contributed by atoms with Gasteiger partial charge in [-0.15, -0.1) is 0 Å². The van der Waals surface area contributed by atoms with Gasteiger partial charge in [0, 0.05) is 24.7 Å². The number of hydrogen-bond acceptors (Lipinski definition) is 4. The van der Waals surface area contributed by atoms with E-state index in [-0.39, 0.29) is 0 Å². The van der Waals surface area contributed by atoms with Crippen LogP contribution in [0.25, 0.3) is 0 Å². The molecule has 1 aliphatic rings. The molecule has 0 aliphatic carbocycles. The Labute approximate surface area is 157 Å². The first-order chi connectivity index (χ1) is 12.2. The van der Waals surface area contributed by atoms with Crippen LogP contribution < -0.4 is 24.8 Å². The quantitative estimate of drug-likeness (QED) is 0.784. The van der Waals surface area contributed by atoms with Gasteiger partial charge in [-0.3, -0.25) is 0 Å². The predicted molar refractivity (Wildman–Crippen MR) is 103 cm³/mol. The molecular formula is C18H19ClN2O3S. The van der Waals surface area contributed by atoms with Crippen molar-refractivity contribution in [1.29, 1.82) is 0 Å². The minimum Gasteiger partial charge on any atom is -0.497 e. The number of ether oxygens (including phenoxy) is 3. The van der Waals surface area contributed by atoms with Crippen molar-refractivity contribution in [3.8, 4) is 17.2 Å². The molecule has 132 valence electrons. The first-order valence-electron chi connectivity index (χ1n) is 7.92. The Morgan fingerprint density at radius 1 is 1.24 bits per heavy atom. The lowest BCUT2D eigenvalue weighted by molar-refractivity contribution is 0.297. The van der Waals surface area contributed by atoms with Crippen molar-refractivity contribution in [3.05, 3.63) is 47.0 Å². The summed E-state index contributed by atoms with van der Waals surface area (Å²) in [6, 6.07) is 11.3. The summed E-state index contributed by atoms with van der Waals surface area (Å²) in [5.74, 6) is 2.05. The summed E-state index contributed by atoms with van der Waals surface area (Å²) in [6.45, 7) is 1.75. The van der Waals surface area contributed by atoms with E-state index in [2.05, 4.69) is 10.6 Å². The molecule has 2 aromatic rings. The molecule has 0 spiro atoms. The number of hydrogen-bond donors (Lipinski definition) is 2. The average molecular weight is 379 g/mol. The molecule has 0 aromatic heterocycles. The Bertz CT molecular complexity index is 770. The van der Waals surface area contributed by atoms with Crippen LogP contribution in [0.15, 0.2) is 36.4 Å². The van der Waals surface area contributed by atoms with Crippen LogP contribution in [0, 0.1) is 0 Å². The van der Waals surface area contributed by atoms with Crippen molar-refractivity contribution in [2.75, 3.05) is 25.6 Å². The first kappa shape index (κ1) is 17.6. The van der Waals surface area contributed by atoms with Crippen LogP contribution in [-0.4, -0.2) is 25.4 Å². The second kappa shape index (κ2) is 8.27. The van der Waals surface area contributed by atoms with Crippen molar-refractivity contribution in [1.82, 2.24) is 5.32 Å². The van der Waals surface area contributed by atoms with Crippen molar-refractivity contribution in [2.24, 2.45) is 0 Å². The summed E-state index contributed by atoms with van der Waals surface area (Å²) < 4.78 is 16.5. The Morgan fingerprint density at radius 3 is 2.92 bits per heavy atom. The van der Waals surface area contributed by atoms with Gasteiger partial charge in [0.15, 0.2) is 16.6 Å².